The van der Waals surface area contributed by atoms with Gasteiger partial charge in [-0.3, -0.25) is 19.1 Å². The van der Waals surface area contributed by atoms with Crippen LogP contribution in [0.4, 0.5) is 15.8 Å². The number of benzene rings is 3. The molecule has 7 nitrogen and oxygen atoms in total. The van der Waals surface area contributed by atoms with Crippen molar-refractivity contribution in [2.24, 2.45) is 7.05 Å². The number of halogens is 1. The molecular formula is C26H23FN4O3. The second-order valence-electron chi connectivity index (χ2n) is 7.89. The number of hydrogen-bond donors (Lipinski definition) is 2. The molecule has 0 unspecified atom stereocenters. The Kier molecular flexibility index (Phi) is 6.14. The molecule has 0 bridgehead atoms. The van der Waals surface area contributed by atoms with E-state index >= 15 is 0 Å². The van der Waals surface area contributed by atoms with E-state index in [1.54, 1.807) is 55.9 Å². The van der Waals surface area contributed by atoms with Crippen LogP contribution in [0.5, 0.6) is 0 Å². The third kappa shape index (κ3) is 4.38. The Hall–Kier alpha value is -4.46. The average molecular weight is 458 g/mol. The summed E-state index contributed by atoms with van der Waals surface area (Å²) >= 11 is 0. The van der Waals surface area contributed by atoms with E-state index in [4.69, 9.17) is 0 Å². The minimum atomic E-state index is -0.499. The first-order valence-corrected chi connectivity index (χ1v) is 10.6. The van der Waals surface area contributed by atoms with Crippen molar-refractivity contribution >= 4 is 23.2 Å². The molecule has 0 radical (unpaired) electrons. The topological polar surface area (TPSA) is 85.1 Å². The van der Waals surface area contributed by atoms with E-state index in [2.05, 4.69) is 10.6 Å². The van der Waals surface area contributed by atoms with Crippen LogP contribution in [-0.4, -0.2) is 21.2 Å². The molecule has 4 aromatic rings. The van der Waals surface area contributed by atoms with Crippen molar-refractivity contribution in [3.05, 3.63) is 111 Å². The molecule has 0 spiro atoms. The number of carbonyl (C=O) groups excluding carboxylic acids is 2. The highest BCUT2D eigenvalue weighted by molar-refractivity contribution is 6.07. The Morgan fingerprint density at radius 2 is 1.50 bits per heavy atom. The zero-order valence-corrected chi connectivity index (χ0v) is 18.9. The van der Waals surface area contributed by atoms with Crippen LogP contribution in [0.25, 0.3) is 5.69 Å². The molecule has 8 heteroatoms. The Morgan fingerprint density at radius 1 is 0.824 bits per heavy atom. The first-order valence-electron chi connectivity index (χ1n) is 10.6. The fourth-order valence-electron chi connectivity index (χ4n) is 3.57. The van der Waals surface area contributed by atoms with Crippen LogP contribution < -0.4 is 16.2 Å². The Balaban J connectivity index is 1.56. The molecule has 4 rings (SSSR count). The first-order chi connectivity index (χ1) is 16.3. The molecule has 0 aliphatic carbocycles. The molecule has 2 N–H and O–H groups in total. The smallest absolute Gasteiger partial charge is 0.295 e. The van der Waals surface area contributed by atoms with Crippen LogP contribution in [0.2, 0.25) is 0 Å². The second kappa shape index (κ2) is 9.19. The normalized spacial score (nSPS) is 10.7. The van der Waals surface area contributed by atoms with Crippen LogP contribution in [0, 0.1) is 19.7 Å². The highest BCUT2D eigenvalue weighted by Crippen LogP contribution is 2.18. The standard InChI is InChI=1S/C26H23FN4O3/c1-16-12-13-19(15-22(16)27)24(32)28-20-9-7-8-18(14-20)25(33)29-23-17(2)30(3)31(26(23)34)21-10-5-4-6-11-21/h4-15H,1-3H3,(H,28,32)(H,29,33). The molecule has 2 amide bonds. The third-order valence-corrected chi connectivity index (χ3v) is 5.61. The van der Waals surface area contributed by atoms with Gasteiger partial charge in [-0.1, -0.05) is 30.3 Å². The van der Waals surface area contributed by atoms with Gasteiger partial charge < -0.3 is 10.6 Å². The SMILES string of the molecule is Cc1ccc(C(=O)Nc2cccc(C(=O)Nc3c(C)n(C)n(-c4ccccc4)c3=O)c2)cc1F. The molecule has 0 saturated heterocycles. The van der Waals surface area contributed by atoms with Gasteiger partial charge in [0.1, 0.15) is 11.5 Å². The zero-order chi connectivity index (χ0) is 24.4. The summed E-state index contributed by atoms with van der Waals surface area (Å²) in [5.41, 5.74) is 2.30. The zero-order valence-electron chi connectivity index (χ0n) is 18.9. The second-order valence-corrected chi connectivity index (χ2v) is 7.89. The molecule has 0 atom stereocenters. The van der Waals surface area contributed by atoms with Crippen molar-refractivity contribution in [3.8, 4) is 5.69 Å². The number of nitrogens with one attached hydrogen (secondary N) is 2. The van der Waals surface area contributed by atoms with E-state index in [1.807, 2.05) is 18.2 Å². The number of amides is 2. The molecule has 1 aromatic heterocycles. The molecule has 3 aromatic carbocycles. The van der Waals surface area contributed by atoms with Crippen molar-refractivity contribution in [2.75, 3.05) is 10.6 Å². The number of rotatable bonds is 5. The summed E-state index contributed by atoms with van der Waals surface area (Å²) in [5, 5.41) is 5.36. The van der Waals surface area contributed by atoms with Crippen molar-refractivity contribution in [1.82, 2.24) is 9.36 Å². The molecule has 0 aliphatic heterocycles. The van der Waals surface area contributed by atoms with E-state index in [1.165, 1.54) is 22.9 Å². The van der Waals surface area contributed by atoms with Gasteiger partial charge in [0, 0.05) is 23.9 Å². The predicted molar refractivity (Wildman–Crippen MR) is 129 cm³/mol. The largest absolute Gasteiger partial charge is 0.322 e. The van der Waals surface area contributed by atoms with Crippen LogP contribution in [0.15, 0.2) is 77.6 Å². The third-order valence-electron chi connectivity index (χ3n) is 5.61. The van der Waals surface area contributed by atoms with Crippen molar-refractivity contribution in [3.63, 3.8) is 0 Å². The van der Waals surface area contributed by atoms with Gasteiger partial charge in [-0.05, 0) is 61.9 Å². The summed E-state index contributed by atoms with van der Waals surface area (Å²) in [5.74, 6) is -1.47. The van der Waals surface area contributed by atoms with Crippen LogP contribution in [0.1, 0.15) is 32.0 Å². The fourth-order valence-corrected chi connectivity index (χ4v) is 3.57. The number of para-hydroxylation sites is 1. The number of hydrogen-bond acceptors (Lipinski definition) is 3. The van der Waals surface area contributed by atoms with Gasteiger partial charge in [-0.15, -0.1) is 0 Å². The van der Waals surface area contributed by atoms with Crippen molar-refractivity contribution < 1.29 is 14.0 Å². The summed E-state index contributed by atoms with van der Waals surface area (Å²) in [6.07, 6.45) is 0. The summed E-state index contributed by atoms with van der Waals surface area (Å²) in [6.45, 7) is 3.36. The number of anilines is 2. The average Bonchev–Trinajstić information content (AvgIpc) is 3.04. The van der Waals surface area contributed by atoms with Crippen molar-refractivity contribution in [1.29, 1.82) is 0 Å². The number of aryl methyl sites for hydroxylation is 1. The van der Waals surface area contributed by atoms with Gasteiger partial charge in [-0.2, -0.15) is 0 Å². The van der Waals surface area contributed by atoms with E-state index in [0.29, 0.717) is 22.6 Å². The molecule has 0 aliphatic rings. The number of carbonyl (C=O) groups is 2. The van der Waals surface area contributed by atoms with E-state index < -0.39 is 17.6 Å². The number of aromatic nitrogens is 2. The van der Waals surface area contributed by atoms with E-state index in [0.717, 1.165) is 6.07 Å². The fraction of sp³-hybridized carbons (Fsp3) is 0.115. The predicted octanol–water partition coefficient (Wildman–Crippen LogP) is 4.44. The molecule has 172 valence electrons. The monoisotopic (exact) mass is 458 g/mol. The maximum Gasteiger partial charge on any atom is 0.295 e. The minimum Gasteiger partial charge on any atom is -0.322 e. The molecule has 0 saturated carbocycles. The molecule has 34 heavy (non-hydrogen) atoms. The van der Waals surface area contributed by atoms with Crippen LogP contribution in [0.3, 0.4) is 0 Å². The van der Waals surface area contributed by atoms with E-state index in [-0.39, 0.29) is 22.4 Å². The molecule has 0 fully saturated rings. The summed E-state index contributed by atoms with van der Waals surface area (Å²) in [7, 11) is 1.74. The Labute approximate surface area is 195 Å². The number of nitrogens with zero attached hydrogens (tertiary/aromatic N) is 2. The maximum absolute atomic E-state index is 13.8. The highest BCUT2D eigenvalue weighted by Gasteiger charge is 2.19. The maximum atomic E-state index is 13.8. The summed E-state index contributed by atoms with van der Waals surface area (Å²) in [4.78, 5) is 38.5. The van der Waals surface area contributed by atoms with Crippen LogP contribution >= 0.6 is 0 Å². The Bertz CT molecular complexity index is 1450. The van der Waals surface area contributed by atoms with Gasteiger partial charge in [-0.25, -0.2) is 9.07 Å². The van der Waals surface area contributed by atoms with E-state index in [9.17, 15) is 18.8 Å². The summed E-state index contributed by atoms with van der Waals surface area (Å²) in [6, 6.07) is 19.6. The highest BCUT2D eigenvalue weighted by atomic mass is 19.1. The lowest BCUT2D eigenvalue weighted by Crippen LogP contribution is -2.23. The molecule has 1 heterocycles. The Morgan fingerprint density at radius 3 is 2.21 bits per heavy atom. The van der Waals surface area contributed by atoms with Crippen molar-refractivity contribution in [2.45, 2.75) is 13.8 Å². The van der Waals surface area contributed by atoms with Gasteiger partial charge in [0.2, 0.25) is 0 Å². The minimum absolute atomic E-state index is 0.166. The lowest BCUT2D eigenvalue weighted by molar-refractivity contribution is 0.101. The lowest BCUT2D eigenvalue weighted by atomic mass is 10.1. The van der Waals surface area contributed by atoms with Gasteiger partial charge in [0.15, 0.2) is 0 Å². The summed E-state index contributed by atoms with van der Waals surface area (Å²) < 4.78 is 16.9. The lowest BCUT2D eigenvalue weighted by Gasteiger charge is -2.09. The van der Waals surface area contributed by atoms with Gasteiger partial charge in [0.05, 0.1) is 11.4 Å². The molecular weight excluding hydrogens is 435 g/mol. The quantitative estimate of drug-likeness (QED) is 0.464. The van der Waals surface area contributed by atoms with Gasteiger partial charge >= 0.3 is 0 Å². The van der Waals surface area contributed by atoms with Gasteiger partial charge in [0.25, 0.3) is 17.4 Å². The van der Waals surface area contributed by atoms with Crippen LogP contribution in [-0.2, 0) is 7.05 Å². The first kappa shape index (κ1) is 22.7.